The van der Waals surface area contributed by atoms with Crippen molar-refractivity contribution in [1.82, 2.24) is 4.90 Å². The first-order valence-electron chi connectivity index (χ1n) is 5.51. The number of aliphatic hydroxyl groups is 1. The van der Waals surface area contributed by atoms with Crippen molar-refractivity contribution in [3.8, 4) is 6.07 Å². The van der Waals surface area contributed by atoms with Crippen molar-refractivity contribution >= 4 is 0 Å². The molecule has 3 atom stereocenters. The maximum absolute atomic E-state index is 10.2. The zero-order chi connectivity index (χ0) is 10.2. The van der Waals surface area contributed by atoms with Gasteiger partial charge in [0, 0.05) is 24.9 Å². The Bertz CT molecular complexity index is 261. The zero-order valence-corrected chi connectivity index (χ0v) is 8.74. The number of likely N-dealkylation sites (tertiary alicyclic amines) is 1. The quantitative estimate of drug-likeness (QED) is 0.588. The van der Waals surface area contributed by atoms with Crippen molar-refractivity contribution in [2.75, 3.05) is 13.6 Å². The van der Waals surface area contributed by atoms with Crippen LogP contribution in [0.2, 0.25) is 0 Å². The highest BCUT2D eigenvalue weighted by Crippen LogP contribution is 2.40. The Morgan fingerprint density at radius 1 is 1.43 bits per heavy atom. The molecule has 1 heterocycles. The summed E-state index contributed by atoms with van der Waals surface area (Å²) in [5.41, 5.74) is -1.04. The molecule has 2 rings (SSSR count). The van der Waals surface area contributed by atoms with Crippen molar-refractivity contribution < 1.29 is 5.11 Å². The summed E-state index contributed by atoms with van der Waals surface area (Å²) in [6.07, 6.45) is 5.18. The Labute approximate surface area is 85.3 Å². The van der Waals surface area contributed by atoms with Gasteiger partial charge in [-0.2, -0.15) is 5.26 Å². The first-order valence-corrected chi connectivity index (χ1v) is 5.51. The molecule has 0 spiro atoms. The van der Waals surface area contributed by atoms with Gasteiger partial charge >= 0.3 is 0 Å². The lowest BCUT2D eigenvalue weighted by Gasteiger charge is -2.48. The molecule has 78 valence electrons. The summed E-state index contributed by atoms with van der Waals surface area (Å²) in [7, 11) is 2.11. The highest BCUT2D eigenvalue weighted by atomic mass is 16.3. The number of hydrogen-bond donors (Lipinski definition) is 1. The molecule has 3 heteroatoms. The minimum absolute atomic E-state index is 0.181. The fourth-order valence-electron chi connectivity index (χ4n) is 3.03. The van der Waals surface area contributed by atoms with E-state index in [0.29, 0.717) is 12.5 Å². The maximum Gasteiger partial charge on any atom is 0.156 e. The first-order chi connectivity index (χ1) is 6.67. The van der Waals surface area contributed by atoms with Crippen LogP contribution in [0.5, 0.6) is 0 Å². The van der Waals surface area contributed by atoms with Crippen LogP contribution in [-0.4, -0.2) is 35.2 Å². The van der Waals surface area contributed by atoms with Gasteiger partial charge in [-0.1, -0.05) is 12.8 Å². The molecule has 0 radical (unpaired) electrons. The Kier molecular flexibility index (Phi) is 2.50. The van der Waals surface area contributed by atoms with Crippen molar-refractivity contribution in [2.45, 2.75) is 43.7 Å². The SMILES string of the molecule is CN1CCC(O)(C#N)C2CCCCC21. The van der Waals surface area contributed by atoms with Crippen molar-refractivity contribution in [1.29, 1.82) is 5.26 Å². The van der Waals surface area contributed by atoms with E-state index in [1.165, 1.54) is 12.8 Å². The lowest BCUT2D eigenvalue weighted by atomic mass is 9.70. The standard InChI is InChI=1S/C11H18N2O/c1-13-7-6-11(14,8-12)9-4-2-3-5-10(9)13/h9-10,14H,2-7H2,1H3. The van der Waals surface area contributed by atoms with Gasteiger partial charge in [0.15, 0.2) is 5.60 Å². The minimum atomic E-state index is -1.04. The predicted molar refractivity (Wildman–Crippen MR) is 53.6 cm³/mol. The van der Waals surface area contributed by atoms with E-state index < -0.39 is 5.60 Å². The molecule has 1 N–H and O–H groups in total. The lowest BCUT2D eigenvalue weighted by molar-refractivity contribution is -0.0713. The Balaban J connectivity index is 2.21. The molecule has 0 bridgehead atoms. The highest BCUT2D eigenvalue weighted by molar-refractivity contribution is 5.11. The number of nitriles is 1. The molecule has 3 unspecified atom stereocenters. The van der Waals surface area contributed by atoms with Gasteiger partial charge in [0.25, 0.3) is 0 Å². The summed E-state index contributed by atoms with van der Waals surface area (Å²) in [5, 5.41) is 19.3. The number of fused-ring (bicyclic) bond motifs is 1. The van der Waals surface area contributed by atoms with Gasteiger partial charge in [-0.05, 0) is 19.9 Å². The summed E-state index contributed by atoms with van der Waals surface area (Å²) >= 11 is 0. The van der Waals surface area contributed by atoms with E-state index in [1.54, 1.807) is 0 Å². The van der Waals surface area contributed by atoms with Gasteiger partial charge in [-0.15, -0.1) is 0 Å². The molecule has 3 nitrogen and oxygen atoms in total. The minimum Gasteiger partial charge on any atom is -0.375 e. The van der Waals surface area contributed by atoms with Gasteiger partial charge < -0.3 is 10.0 Å². The second kappa shape index (κ2) is 3.52. The Hall–Kier alpha value is -0.590. The molecule has 0 aromatic rings. The van der Waals surface area contributed by atoms with Crippen molar-refractivity contribution in [3.05, 3.63) is 0 Å². The molecule has 1 aliphatic carbocycles. The molecule has 1 aliphatic heterocycles. The lowest BCUT2D eigenvalue weighted by Crippen LogP contribution is -2.57. The predicted octanol–water partition coefficient (Wildman–Crippen LogP) is 1.14. The van der Waals surface area contributed by atoms with Crippen molar-refractivity contribution in [2.24, 2.45) is 5.92 Å². The topological polar surface area (TPSA) is 47.3 Å². The third-order valence-corrected chi connectivity index (χ3v) is 3.95. The zero-order valence-electron chi connectivity index (χ0n) is 8.74. The van der Waals surface area contributed by atoms with Crippen LogP contribution < -0.4 is 0 Å². The van der Waals surface area contributed by atoms with Crippen LogP contribution >= 0.6 is 0 Å². The molecule has 0 aromatic heterocycles. The average molecular weight is 194 g/mol. The third-order valence-electron chi connectivity index (χ3n) is 3.95. The van der Waals surface area contributed by atoms with Gasteiger partial charge in [-0.25, -0.2) is 0 Å². The third kappa shape index (κ3) is 1.43. The second-order valence-electron chi connectivity index (χ2n) is 4.72. The summed E-state index contributed by atoms with van der Waals surface area (Å²) < 4.78 is 0. The van der Waals surface area contributed by atoms with Crippen LogP contribution in [0.15, 0.2) is 0 Å². The monoisotopic (exact) mass is 194 g/mol. The average Bonchev–Trinajstić information content (AvgIpc) is 2.24. The first kappa shape index (κ1) is 9.95. The summed E-state index contributed by atoms with van der Waals surface area (Å²) in [5.74, 6) is 0.181. The number of rotatable bonds is 0. The van der Waals surface area contributed by atoms with Crippen LogP contribution in [-0.2, 0) is 0 Å². The van der Waals surface area contributed by atoms with E-state index in [0.717, 1.165) is 19.4 Å². The van der Waals surface area contributed by atoms with E-state index in [-0.39, 0.29) is 5.92 Å². The Morgan fingerprint density at radius 2 is 2.14 bits per heavy atom. The molecule has 1 saturated carbocycles. The van der Waals surface area contributed by atoms with Gasteiger partial charge in [0.05, 0.1) is 6.07 Å². The summed E-state index contributed by atoms with van der Waals surface area (Å²) in [6.45, 7) is 0.852. The smallest absolute Gasteiger partial charge is 0.156 e. The van der Waals surface area contributed by atoms with Crippen LogP contribution in [0.4, 0.5) is 0 Å². The maximum atomic E-state index is 10.2. The van der Waals surface area contributed by atoms with E-state index in [1.807, 2.05) is 0 Å². The molecule has 2 fully saturated rings. The van der Waals surface area contributed by atoms with Gasteiger partial charge in [0.1, 0.15) is 0 Å². The molecule has 14 heavy (non-hydrogen) atoms. The highest BCUT2D eigenvalue weighted by Gasteiger charge is 2.47. The fraction of sp³-hybridized carbons (Fsp3) is 0.909. The normalized spacial score (nSPS) is 44.1. The van der Waals surface area contributed by atoms with Crippen LogP contribution in [0.3, 0.4) is 0 Å². The van der Waals surface area contributed by atoms with Crippen molar-refractivity contribution in [3.63, 3.8) is 0 Å². The van der Waals surface area contributed by atoms with Crippen LogP contribution in [0.25, 0.3) is 0 Å². The molecule has 0 amide bonds. The molecule has 0 aromatic carbocycles. The molecular weight excluding hydrogens is 176 g/mol. The van der Waals surface area contributed by atoms with E-state index in [4.69, 9.17) is 5.26 Å². The second-order valence-corrected chi connectivity index (χ2v) is 4.72. The van der Waals surface area contributed by atoms with E-state index in [9.17, 15) is 5.11 Å². The number of hydrogen-bond acceptors (Lipinski definition) is 3. The van der Waals surface area contributed by atoms with Gasteiger partial charge in [0.2, 0.25) is 0 Å². The molecule has 2 aliphatic rings. The largest absolute Gasteiger partial charge is 0.375 e. The van der Waals surface area contributed by atoms with E-state index in [2.05, 4.69) is 18.0 Å². The summed E-state index contributed by atoms with van der Waals surface area (Å²) in [6, 6.07) is 2.56. The van der Waals surface area contributed by atoms with Crippen LogP contribution in [0.1, 0.15) is 32.1 Å². The molecular formula is C11H18N2O. The van der Waals surface area contributed by atoms with E-state index >= 15 is 0 Å². The number of piperidine rings is 1. The molecule has 1 saturated heterocycles. The Morgan fingerprint density at radius 3 is 2.86 bits per heavy atom. The number of nitrogens with zero attached hydrogens (tertiary/aromatic N) is 2. The van der Waals surface area contributed by atoms with Gasteiger partial charge in [-0.3, -0.25) is 0 Å². The fourth-order valence-corrected chi connectivity index (χ4v) is 3.03. The summed E-state index contributed by atoms with van der Waals surface area (Å²) in [4.78, 5) is 2.32. The van der Waals surface area contributed by atoms with Crippen LogP contribution in [0, 0.1) is 17.2 Å².